The van der Waals surface area contributed by atoms with Crippen molar-refractivity contribution < 1.29 is 4.79 Å². The van der Waals surface area contributed by atoms with Crippen LogP contribution in [0.5, 0.6) is 0 Å². The van der Waals surface area contributed by atoms with Gasteiger partial charge in [-0.2, -0.15) is 5.10 Å². The number of amides is 2. The fourth-order valence-corrected chi connectivity index (χ4v) is 3.20. The topological polar surface area (TPSA) is 101 Å². The molecule has 28 heavy (non-hydrogen) atoms. The van der Waals surface area contributed by atoms with E-state index in [0.717, 1.165) is 43.3 Å². The second-order valence-corrected chi connectivity index (χ2v) is 6.61. The van der Waals surface area contributed by atoms with Gasteiger partial charge in [0, 0.05) is 56.7 Å². The van der Waals surface area contributed by atoms with Gasteiger partial charge >= 0.3 is 6.03 Å². The van der Waals surface area contributed by atoms with Gasteiger partial charge in [-0.05, 0) is 42.7 Å². The number of rotatable bonds is 5. The molecule has 0 spiro atoms. The third-order valence-corrected chi connectivity index (χ3v) is 4.67. The molecule has 1 aliphatic heterocycles. The number of piperidine rings is 1. The molecule has 0 radical (unpaired) electrons. The molecule has 1 saturated heterocycles. The molecule has 3 aromatic heterocycles. The molecule has 0 saturated carbocycles. The average molecular weight is 378 g/mol. The van der Waals surface area contributed by atoms with Crippen LogP contribution >= 0.6 is 0 Å². The van der Waals surface area contributed by atoms with Gasteiger partial charge in [-0.1, -0.05) is 0 Å². The van der Waals surface area contributed by atoms with Gasteiger partial charge in [0.05, 0.1) is 0 Å². The summed E-state index contributed by atoms with van der Waals surface area (Å²) in [6.45, 7) is 2.08. The van der Waals surface area contributed by atoms with Crippen molar-refractivity contribution in [2.75, 3.05) is 18.0 Å². The molecule has 9 nitrogen and oxygen atoms in total. The van der Waals surface area contributed by atoms with Crippen LogP contribution in [-0.2, 0) is 6.54 Å². The highest BCUT2D eigenvalue weighted by Gasteiger charge is 2.21. The van der Waals surface area contributed by atoms with Crippen molar-refractivity contribution in [1.29, 1.82) is 0 Å². The van der Waals surface area contributed by atoms with Crippen molar-refractivity contribution in [2.45, 2.75) is 25.4 Å². The summed E-state index contributed by atoms with van der Waals surface area (Å²) in [5.74, 6) is 1.47. The summed E-state index contributed by atoms with van der Waals surface area (Å²) in [6.07, 6.45) is 10.5. The Morgan fingerprint density at radius 1 is 1.07 bits per heavy atom. The van der Waals surface area contributed by atoms with Crippen molar-refractivity contribution >= 4 is 12.0 Å². The summed E-state index contributed by atoms with van der Waals surface area (Å²) in [7, 11) is 0. The van der Waals surface area contributed by atoms with E-state index in [1.165, 1.54) is 0 Å². The minimum absolute atomic E-state index is 0.150. The number of urea groups is 1. The predicted molar refractivity (Wildman–Crippen MR) is 104 cm³/mol. The van der Waals surface area contributed by atoms with E-state index in [1.54, 1.807) is 29.5 Å². The minimum atomic E-state index is -0.160. The largest absolute Gasteiger partial charge is 0.341 e. The lowest BCUT2D eigenvalue weighted by molar-refractivity contribution is 0.234. The molecule has 0 aromatic carbocycles. The third-order valence-electron chi connectivity index (χ3n) is 4.67. The molecule has 3 aromatic rings. The van der Waals surface area contributed by atoms with Crippen molar-refractivity contribution in [1.82, 2.24) is 35.4 Å². The number of hydrogen-bond acceptors (Lipinski definition) is 6. The van der Waals surface area contributed by atoms with E-state index in [1.807, 2.05) is 30.5 Å². The Morgan fingerprint density at radius 2 is 1.89 bits per heavy atom. The number of aromatic nitrogens is 5. The van der Waals surface area contributed by atoms with Crippen LogP contribution in [0.3, 0.4) is 0 Å². The van der Waals surface area contributed by atoms with Gasteiger partial charge in [0.15, 0.2) is 5.82 Å². The molecular formula is C19H22N8O. The highest BCUT2D eigenvalue weighted by molar-refractivity contribution is 5.74. The van der Waals surface area contributed by atoms with Crippen molar-refractivity contribution in [3.63, 3.8) is 0 Å². The zero-order valence-electron chi connectivity index (χ0n) is 15.4. The first-order valence-electron chi connectivity index (χ1n) is 9.29. The van der Waals surface area contributed by atoms with Crippen LogP contribution in [0.15, 0.2) is 55.2 Å². The van der Waals surface area contributed by atoms with Gasteiger partial charge in [0.2, 0.25) is 5.95 Å². The van der Waals surface area contributed by atoms with Gasteiger partial charge in [-0.3, -0.25) is 0 Å². The molecule has 1 aliphatic rings. The first kappa shape index (κ1) is 17.9. The second kappa shape index (κ2) is 8.47. The number of carbonyl (C=O) groups is 1. The first-order chi connectivity index (χ1) is 13.8. The quantitative estimate of drug-likeness (QED) is 0.698. The van der Waals surface area contributed by atoms with Crippen molar-refractivity contribution in [2.24, 2.45) is 0 Å². The minimum Gasteiger partial charge on any atom is -0.341 e. The Morgan fingerprint density at radius 3 is 2.64 bits per heavy atom. The number of nitrogens with zero attached hydrogens (tertiary/aromatic N) is 6. The summed E-state index contributed by atoms with van der Waals surface area (Å²) < 4.78 is 1.69. The van der Waals surface area contributed by atoms with Crippen LogP contribution in [0.25, 0.3) is 5.82 Å². The molecule has 4 rings (SSSR count). The highest BCUT2D eigenvalue weighted by Crippen LogP contribution is 2.15. The van der Waals surface area contributed by atoms with Crippen molar-refractivity contribution in [3.8, 4) is 5.82 Å². The van der Waals surface area contributed by atoms with Crippen LogP contribution in [0.1, 0.15) is 18.4 Å². The molecule has 9 heteroatoms. The number of hydrogen-bond donors (Lipinski definition) is 2. The molecule has 0 atom stereocenters. The standard InChI is InChI=1S/C19H22N8O/c28-19(23-14-15-3-9-20-17(13-15)27-10-2-8-24-27)25-16-4-11-26(12-5-16)18-21-6-1-7-22-18/h1-3,6-10,13,16H,4-5,11-12,14H2,(H2,23,25,28). The number of carbonyl (C=O) groups excluding carboxylic acids is 1. The van der Waals surface area contributed by atoms with Gasteiger partial charge < -0.3 is 15.5 Å². The van der Waals surface area contributed by atoms with Crippen LogP contribution in [-0.4, -0.2) is 49.9 Å². The van der Waals surface area contributed by atoms with E-state index in [2.05, 4.69) is 35.6 Å². The zero-order valence-corrected chi connectivity index (χ0v) is 15.4. The van der Waals surface area contributed by atoms with Crippen LogP contribution < -0.4 is 15.5 Å². The van der Waals surface area contributed by atoms with Crippen molar-refractivity contribution in [3.05, 3.63) is 60.8 Å². The summed E-state index contributed by atoms with van der Waals surface area (Å²) in [6, 6.07) is 7.43. The summed E-state index contributed by atoms with van der Waals surface area (Å²) in [4.78, 5) is 27.3. The summed E-state index contributed by atoms with van der Waals surface area (Å²) >= 11 is 0. The molecule has 2 N–H and O–H groups in total. The van der Waals surface area contributed by atoms with Gasteiger partial charge in [0.1, 0.15) is 0 Å². The molecule has 1 fully saturated rings. The van der Waals surface area contributed by atoms with E-state index in [-0.39, 0.29) is 12.1 Å². The normalized spacial score (nSPS) is 14.6. The molecule has 144 valence electrons. The average Bonchev–Trinajstić information content (AvgIpc) is 3.29. The lowest BCUT2D eigenvalue weighted by atomic mass is 10.1. The van der Waals surface area contributed by atoms with E-state index in [9.17, 15) is 4.79 Å². The first-order valence-corrected chi connectivity index (χ1v) is 9.29. The third kappa shape index (κ3) is 4.43. The lowest BCUT2D eigenvalue weighted by Gasteiger charge is -2.32. The SMILES string of the molecule is O=C(NCc1ccnc(-n2cccn2)c1)NC1CCN(c2ncccn2)CC1. The number of anilines is 1. The van der Waals surface area contributed by atoms with E-state index in [0.29, 0.717) is 6.54 Å². The molecule has 0 unspecified atom stereocenters. The molecule has 0 aliphatic carbocycles. The maximum absolute atomic E-state index is 12.3. The molecule has 0 bridgehead atoms. The number of nitrogens with one attached hydrogen (secondary N) is 2. The Hall–Kier alpha value is -3.49. The Balaban J connectivity index is 1.24. The van der Waals surface area contributed by atoms with E-state index >= 15 is 0 Å². The fourth-order valence-electron chi connectivity index (χ4n) is 3.20. The zero-order chi connectivity index (χ0) is 19.2. The Bertz CT molecular complexity index is 891. The smallest absolute Gasteiger partial charge is 0.315 e. The number of pyridine rings is 1. The Labute approximate surface area is 162 Å². The molecular weight excluding hydrogens is 356 g/mol. The van der Waals surface area contributed by atoms with Crippen LogP contribution in [0.2, 0.25) is 0 Å². The predicted octanol–water partition coefficient (Wildman–Crippen LogP) is 1.53. The fraction of sp³-hybridized carbons (Fsp3) is 0.316. The van der Waals surface area contributed by atoms with E-state index in [4.69, 9.17) is 0 Å². The lowest BCUT2D eigenvalue weighted by Crippen LogP contribution is -2.48. The second-order valence-electron chi connectivity index (χ2n) is 6.61. The van der Waals surface area contributed by atoms with Gasteiger partial charge in [0.25, 0.3) is 0 Å². The summed E-state index contributed by atoms with van der Waals surface area (Å²) in [5, 5.41) is 10.1. The van der Waals surface area contributed by atoms with Gasteiger partial charge in [-0.15, -0.1) is 0 Å². The summed E-state index contributed by atoms with van der Waals surface area (Å²) in [5.41, 5.74) is 0.965. The highest BCUT2D eigenvalue weighted by atomic mass is 16.2. The Kier molecular flexibility index (Phi) is 5.41. The monoisotopic (exact) mass is 378 g/mol. The van der Waals surface area contributed by atoms with Gasteiger partial charge in [-0.25, -0.2) is 24.4 Å². The maximum atomic E-state index is 12.3. The van der Waals surface area contributed by atoms with E-state index < -0.39 is 0 Å². The molecule has 2 amide bonds. The van der Waals surface area contributed by atoms with Crippen LogP contribution in [0.4, 0.5) is 10.7 Å². The van der Waals surface area contributed by atoms with Crippen LogP contribution in [0, 0.1) is 0 Å². The molecule has 4 heterocycles. The maximum Gasteiger partial charge on any atom is 0.315 e.